The summed E-state index contributed by atoms with van der Waals surface area (Å²) < 4.78 is 0. The number of hydrogen-bond donors (Lipinski definition) is 2. The van der Waals surface area contributed by atoms with E-state index >= 15 is 0 Å². The number of primary amides is 1. The second-order valence-corrected chi connectivity index (χ2v) is 3.14. The van der Waals surface area contributed by atoms with Gasteiger partial charge in [0.1, 0.15) is 0 Å². The van der Waals surface area contributed by atoms with E-state index in [1.165, 1.54) is 0 Å². The maximum atomic E-state index is 11.0. The molecule has 1 saturated heterocycles. The zero-order chi connectivity index (χ0) is 8.97. The van der Waals surface area contributed by atoms with Gasteiger partial charge in [0.05, 0.1) is 0 Å². The highest BCUT2D eigenvalue weighted by atomic mass is 16.2. The van der Waals surface area contributed by atoms with Gasteiger partial charge in [0.25, 0.3) is 0 Å². The van der Waals surface area contributed by atoms with Gasteiger partial charge in [-0.1, -0.05) is 0 Å². The summed E-state index contributed by atoms with van der Waals surface area (Å²) in [6, 6.07) is 0. The van der Waals surface area contributed by atoms with E-state index in [0.29, 0.717) is 6.42 Å². The molecule has 0 bridgehead atoms. The highest BCUT2D eigenvalue weighted by molar-refractivity contribution is 5.80. The molecule has 0 aliphatic carbocycles. The van der Waals surface area contributed by atoms with Gasteiger partial charge in [-0.05, 0) is 19.3 Å². The molecule has 1 fully saturated rings. The average molecular weight is 170 g/mol. The summed E-state index contributed by atoms with van der Waals surface area (Å²) in [5.41, 5.74) is 4.97. The molecule has 0 spiro atoms. The van der Waals surface area contributed by atoms with Crippen LogP contribution in [0.4, 0.5) is 0 Å². The molecule has 1 aliphatic heterocycles. The van der Waals surface area contributed by atoms with Gasteiger partial charge in [-0.15, -0.1) is 0 Å². The van der Waals surface area contributed by atoms with Gasteiger partial charge >= 0.3 is 0 Å². The van der Waals surface area contributed by atoms with E-state index in [0.717, 1.165) is 25.8 Å². The first-order valence-corrected chi connectivity index (χ1v) is 4.26. The third-order valence-electron chi connectivity index (χ3n) is 2.14. The molecule has 2 amide bonds. The highest BCUT2D eigenvalue weighted by Crippen LogP contribution is 2.16. The molecule has 4 heteroatoms. The van der Waals surface area contributed by atoms with Crippen LogP contribution in [0.1, 0.15) is 25.7 Å². The molecule has 0 aromatic rings. The van der Waals surface area contributed by atoms with Crippen molar-refractivity contribution in [3.8, 4) is 0 Å². The van der Waals surface area contributed by atoms with Crippen LogP contribution in [0, 0.1) is 5.92 Å². The first-order chi connectivity index (χ1) is 5.70. The Kier molecular flexibility index (Phi) is 3.08. The van der Waals surface area contributed by atoms with Crippen molar-refractivity contribution in [2.75, 3.05) is 6.54 Å². The third-order valence-corrected chi connectivity index (χ3v) is 2.14. The fraction of sp³-hybridized carbons (Fsp3) is 0.750. The smallest absolute Gasteiger partial charge is 0.223 e. The number of carbonyl (C=O) groups is 2. The summed E-state index contributed by atoms with van der Waals surface area (Å²) in [7, 11) is 0. The van der Waals surface area contributed by atoms with Crippen LogP contribution in [0.3, 0.4) is 0 Å². The fourth-order valence-corrected chi connectivity index (χ4v) is 1.44. The van der Waals surface area contributed by atoms with Crippen molar-refractivity contribution in [1.29, 1.82) is 0 Å². The van der Waals surface area contributed by atoms with Crippen molar-refractivity contribution >= 4 is 11.8 Å². The van der Waals surface area contributed by atoms with Crippen LogP contribution in [-0.2, 0) is 9.59 Å². The van der Waals surface area contributed by atoms with Gasteiger partial charge in [0.15, 0.2) is 0 Å². The van der Waals surface area contributed by atoms with Crippen LogP contribution in [0.25, 0.3) is 0 Å². The summed E-state index contributed by atoms with van der Waals surface area (Å²) in [4.78, 5) is 21.4. The Morgan fingerprint density at radius 1 is 1.67 bits per heavy atom. The molecule has 0 saturated carbocycles. The molecule has 0 aromatic heterocycles. The molecule has 3 N–H and O–H groups in total. The first-order valence-electron chi connectivity index (χ1n) is 4.26. The van der Waals surface area contributed by atoms with Gasteiger partial charge in [0, 0.05) is 18.9 Å². The van der Waals surface area contributed by atoms with Crippen LogP contribution in [0.15, 0.2) is 0 Å². The van der Waals surface area contributed by atoms with E-state index in [4.69, 9.17) is 5.73 Å². The predicted molar refractivity (Wildman–Crippen MR) is 44.2 cm³/mol. The second kappa shape index (κ2) is 4.09. The van der Waals surface area contributed by atoms with Crippen molar-refractivity contribution in [2.24, 2.45) is 11.7 Å². The normalized spacial score (nSPS) is 22.3. The van der Waals surface area contributed by atoms with Gasteiger partial charge in [-0.2, -0.15) is 0 Å². The largest absolute Gasteiger partial charge is 0.370 e. The summed E-state index contributed by atoms with van der Waals surface area (Å²) in [6.45, 7) is 0.778. The number of nitrogens with one attached hydrogen (secondary N) is 1. The Morgan fingerprint density at radius 2 is 2.42 bits per heavy atom. The van der Waals surface area contributed by atoms with Gasteiger partial charge in [-0.3, -0.25) is 9.59 Å². The lowest BCUT2D eigenvalue weighted by molar-refractivity contribution is -0.123. The van der Waals surface area contributed by atoms with E-state index in [1.54, 1.807) is 0 Å². The number of amides is 2. The van der Waals surface area contributed by atoms with Crippen molar-refractivity contribution in [1.82, 2.24) is 5.32 Å². The molecule has 1 rings (SSSR count). The minimum absolute atomic E-state index is 0.115. The Labute approximate surface area is 71.5 Å². The first kappa shape index (κ1) is 9.03. The van der Waals surface area contributed by atoms with Crippen LogP contribution >= 0.6 is 0 Å². The number of nitrogens with two attached hydrogens (primary N) is 1. The number of carbonyl (C=O) groups excluding carboxylic acids is 2. The molecule has 0 unspecified atom stereocenters. The van der Waals surface area contributed by atoms with Crippen LogP contribution in [-0.4, -0.2) is 18.4 Å². The highest BCUT2D eigenvalue weighted by Gasteiger charge is 2.23. The lowest BCUT2D eigenvalue weighted by Crippen LogP contribution is -2.19. The van der Waals surface area contributed by atoms with Gasteiger partial charge < -0.3 is 11.1 Å². The van der Waals surface area contributed by atoms with E-state index < -0.39 is 0 Å². The second-order valence-electron chi connectivity index (χ2n) is 3.14. The summed E-state index contributed by atoms with van der Waals surface area (Å²) in [5, 5.41) is 2.75. The van der Waals surface area contributed by atoms with Crippen molar-refractivity contribution in [3.63, 3.8) is 0 Å². The Balaban J connectivity index is 2.14. The Bertz CT molecular complexity index is 191. The SMILES string of the molecule is NC(=O)CCC[C@H]1CCNC1=O. The fourth-order valence-electron chi connectivity index (χ4n) is 1.44. The van der Waals surface area contributed by atoms with E-state index in [-0.39, 0.29) is 17.7 Å². The minimum Gasteiger partial charge on any atom is -0.370 e. The van der Waals surface area contributed by atoms with Crippen LogP contribution < -0.4 is 11.1 Å². The summed E-state index contributed by atoms with van der Waals surface area (Å²) >= 11 is 0. The Morgan fingerprint density at radius 3 is 2.92 bits per heavy atom. The minimum atomic E-state index is -0.284. The summed E-state index contributed by atoms with van der Waals surface area (Å²) in [5.74, 6) is -0.0442. The summed E-state index contributed by atoms with van der Waals surface area (Å²) in [6.07, 6.45) is 2.81. The number of hydrogen-bond acceptors (Lipinski definition) is 2. The molecule has 4 nitrogen and oxygen atoms in total. The Hall–Kier alpha value is -1.06. The monoisotopic (exact) mass is 170 g/mol. The van der Waals surface area contributed by atoms with E-state index in [2.05, 4.69) is 5.32 Å². The van der Waals surface area contributed by atoms with Crippen LogP contribution in [0.2, 0.25) is 0 Å². The molecular formula is C8H14N2O2. The molecule has 0 aromatic carbocycles. The molecule has 1 heterocycles. The molecular weight excluding hydrogens is 156 g/mol. The quantitative estimate of drug-likeness (QED) is 0.612. The van der Waals surface area contributed by atoms with Crippen molar-refractivity contribution in [3.05, 3.63) is 0 Å². The third kappa shape index (κ3) is 2.53. The average Bonchev–Trinajstić information content (AvgIpc) is 2.36. The maximum Gasteiger partial charge on any atom is 0.223 e. The lowest BCUT2D eigenvalue weighted by atomic mass is 10.0. The number of rotatable bonds is 4. The van der Waals surface area contributed by atoms with E-state index in [9.17, 15) is 9.59 Å². The molecule has 1 atom stereocenters. The predicted octanol–water partition coefficient (Wildman–Crippen LogP) is -0.222. The van der Waals surface area contributed by atoms with Crippen LogP contribution in [0.5, 0.6) is 0 Å². The van der Waals surface area contributed by atoms with Gasteiger partial charge in [-0.25, -0.2) is 0 Å². The van der Waals surface area contributed by atoms with Crippen molar-refractivity contribution in [2.45, 2.75) is 25.7 Å². The standard InChI is InChI=1S/C8H14N2O2/c9-7(11)3-1-2-6-4-5-10-8(6)12/h6H,1-5H2,(H2,9,11)(H,10,12)/t6-/m0/s1. The molecule has 1 aliphatic rings. The van der Waals surface area contributed by atoms with Gasteiger partial charge in [0.2, 0.25) is 11.8 Å². The van der Waals surface area contributed by atoms with Crippen molar-refractivity contribution < 1.29 is 9.59 Å². The zero-order valence-corrected chi connectivity index (χ0v) is 7.01. The molecule has 0 radical (unpaired) electrons. The lowest BCUT2D eigenvalue weighted by Gasteiger charge is -2.03. The van der Waals surface area contributed by atoms with E-state index in [1.807, 2.05) is 0 Å². The molecule has 12 heavy (non-hydrogen) atoms. The molecule has 68 valence electrons. The zero-order valence-electron chi connectivity index (χ0n) is 7.01. The maximum absolute atomic E-state index is 11.0. The topological polar surface area (TPSA) is 72.2 Å².